The van der Waals surface area contributed by atoms with Crippen molar-refractivity contribution in [3.63, 3.8) is 0 Å². The lowest BCUT2D eigenvalue weighted by Crippen LogP contribution is -2.45. The molecule has 0 aromatic carbocycles. The van der Waals surface area contributed by atoms with Crippen LogP contribution in [0, 0.1) is 5.41 Å². The van der Waals surface area contributed by atoms with E-state index in [0.29, 0.717) is 12.5 Å². The Hall–Kier alpha value is -1.91. The third-order valence-electron chi connectivity index (χ3n) is 4.51. The number of likely N-dealkylation sites (tertiary alicyclic amines) is 1. The van der Waals surface area contributed by atoms with Crippen molar-refractivity contribution in [3.8, 4) is 0 Å². The van der Waals surface area contributed by atoms with Crippen LogP contribution in [0.2, 0.25) is 0 Å². The zero-order valence-corrected chi connectivity index (χ0v) is 11.7. The first-order valence-electron chi connectivity index (χ1n) is 7.17. The number of amides is 1. The lowest BCUT2D eigenvalue weighted by atomic mass is 9.77. The molecule has 1 amide bonds. The third-order valence-corrected chi connectivity index (χ3v) is 4.51. The smallest absolute Gasteiger partial charge is 0.229 e. The molecule has 5 nitrogen and oxygen atoms in total. The summed E-state index contributed by atoms with van der Waals surface area (Å²) < 4.78 is 0. The molecule has 0 atom stereocenters. The van der Waals surface area contributed by atoms with Gasteiger partial charge in [-0.25, -0.2) is 9.97 Å². The SMILES string of the molecule is C=CCN1CCC2(CCN(c3ncccn3)CC2)C1=O. The summed E-state index contributed by atoms with van der Waals surface area (Å²) in [5.41, 5.74) is -0.145. The molecule has 1 aromatic heterocycles. The molecule has 0 aliphatic carbocycles. The predicted octanol–water partition coefficient (Wildman–Crippen LogP) is 1.48. The van der Waals surface area contributed by atoms with Crippen molar-refractivity contribution in [1.29, 1.82) is 0 Å². The highest BCUT2D eigenvalue weighted by Gasteiger charge is 2.47. The second kappa shape index (κ2) is 5.23. The summed E-state index contributed by atoms with van der Waals surface area (Å²) in [6.45, 7) is 6.98. The topological polar surface area (TPSA) is 49.3 Å². The van der Waals surface area contributed by atoms with E-state index in [-0.39, 0.29) is 5.41 Å². The molecule has 2 fully saturated rings. The van der Waals surface area contributed by atoms with Gasteiger partial charge in [-0.3, -0.25) is 4.79 Å². The van der Waals surface area contributed by atoms with Gasteiger partial charge < -0.3 is 9.80 Å². The van der Waals surface area contributed by atoms with E-state index >= 15 is 0 Å². The Morgan fingerprint density at radius 1 is 1.20 bits per heavy atom. The van der Waals surface area contributed by atoms with Crippen LogP contribution in [-0.2, 0) is 4.79 Å². The molecular formula is C15H20N4O. The van der Waals surface area contributed by atoms with E-state index < -0.39 is 0 Å². The lowest BCUT2D eigenvalue weighted by Gasteiger charge is -2.37. The number of aromatic nitrogens is 2. The minimum atomic E-state index is -0.145. The highest BCUT2D eigenvalue weighted by Crippen LogP contribution is 2.41. The van der Waals surface area contributed by atoms with Crippen molar-refractivity contribution in [3.05, 3.63) is 31.1 Å². The van der Waals surface area contributed by atoms with Crippen LogP contribution in [0.15, 0.2) is 31.1 Å². The molecule has 3 heterocycles. The van der Waals surface area contributed by atoms with Gasteiger partial charge in [0, 0.05) is 38.6 Å². The predicted molar refractivity (Wildman–Crippen MR) is 77.3 cm³/mol. The largest absolute Gasteiger partial charge is 0.341 e. The minimum Gasteiger partial charge on any atom is -0.341 e. The summed E-state index contributed by atoms with van der Waals surface area (Å²) in [4.78, 5) is 25.2. The molecule has 0 N–H and O–H groups in total. The van der Waals surface area contributed by atoms with Crippen LogP contribution in [0.25, 0.3) is 0 Å². The Bertz CT molecular complexity index is 494. The van der Waals surface area contributed by atoms with Gasteiger partial charge in [0.15, 0.2) is 0 Å². The van der Waals surface area contributed by atoms with E-state index in [9.17, 15) is 4.79 Å². The Balaban J connectivity index is 1.67. The normalized spacial score (nSPS) is 21.5. The fourth-order valence-electron chi connectivity index (χ4n) is 3.28. The summed E-state index contributed by atoms with van der Waals surface area (Å²) in [5, 5.41) is 0. The highest BCUT2D eigenvalue weighted by molar-refractivity contribution is 5.85. The van der Waals surface area contributed by atoms with Crippen LogP contribution < -0.4 is 4.90 Å². The number of hydrogen-bond acceptors (Lipinski definition) is 4. The zero-order valence-electron chi connectivity index (χ0n) is 11.7. The Morgan fingerprint density at radius 2 is 1.85 bits per heavy atom. The highest BCUT2D eigenvalue weighted by atomic mass is 16.2. The average molecular weight is 272 g/mol. The quantitative estimate of drug-likeness (QED) is 0.782. The molecule has 106 valence electrons. The van der Waals surface area contributed by atoms with E-state index in [2.05, 4.69) is 21.4 Å². The van der Waals surface area contributed by atoms with Gasteiger partial charge in [-0.15, -0.1) is 6.58 Å². The summed E-state index contributed by atoms with van der Waals surface area (Å²) in [5.74, 6) is 1.08. The average Bonchev–Trinajstić information content (AvgIpc) is 2.79. The molecule has 0 radical (unpaired) electrons. The number of anilines is 1. The summed E-state index contributed by atoms with van der Waals surface area (Å²) in [7, 11) is 0. The van der Waals surface area contributed by atoms with E-state index in [4.69, 9.17) is 0 Å². The first-order valence-corrected chi connectivity index (χ1v) is 7.17. The first kappa shape index (κ1) is 13.1. The maximum atomic E-state index is 12.5. The molecule has 2 saturated heterocycles. The molecule has 1 spiro atoms. The number of piperidine rings is 1. The van der Waals surface area contributed by atoms with E-state index in [0.717, 1.165) is 44.8 Å². The third kappa shape index (κ3) is 2.17. The molecule has 0 bridgehead atoms. The molecule has 20 heavy (non-hydrogen) atoms. The molecule has 1 aromatic rings. The number of carbonyl (C=O) groups excluding carboxylic acids is 1. The number of rotatable bonds is 3. The van der Waals surface area contributed by atoms with Crippen molar-refractivity contribution >= 4 is 11.9 Å². The second-order valence-corrected chi connectivity index (χ2v) is 5.61. The van der Waals surface area contributed by atoms with Crippen molar-refractivity contribution in [1.82, 2.24) is 14.9 Å². The molecular weight excluding hydrogens is 252 g/mol. The lowest BCUT2D eigenvalue weighted by molar-refractivity contribution is -0.136. The molecule has 0 saturated carbocycles. The number of carbonyl (C=O) groups is 1. The van der Waals surface area contributed by atoms with Crippen LogP contribution in [0.5, 0.6) is 0 Å². The van der Waals surface area contributed by atoms with Gasteiger partial charge >= 0.3 is 0 Å². The molecule has 0 unspecified atom stereocenters. The van der Waals surface area contributed by atoms with Gasteiger partial charge in [-0.1, -0.05) is 6.08 Å². The summed E-state index contributed by atoms with van der Waals surface area (Å²) >= 11 is 0. The number of nitrogens with zero attached hydrogens (tertiary/aromatic N) is 4. The molecule has 3 rings (SSSR count). The maximum Gasteiger partial charge on any atom is 0.229 e. The maximum absolute atomic E-state index is 12.5. The van der Waals surface area contributed by atoms with Crippen molar-refractivity contribution in [2.24, 2.45) is 5.41 Å². The Labute approximate surface area is 119 Å². The zero-order chi connectivity index (χ0) is 14.0. The van der Waals surface area contributed by atoms with Crippen molar-refractivity contribution in [2.75, 3.05) is 31.1 Å². The minimum absolute atomic E-state index is 0.145. The monoisotopic (exact) mass is 272 g/mol. The van der Waals surface area contributed by atoms with Crippen LogP contribution in [0.1, 0.15) is 19.3 Å². The van der Waals surface area contributed by atoms with E-state index in [1.807, 2.05) is 17.0 Å². The molecule has 2 aliphatic heterocycles. The molecule has 2 aliphatic rings. The van der Waals surface area contributed by atoms with Crippen LogP contribution >= 0.6 is 0 Å². The van der Waals surface area contributed by atoms with Crippen molar-refractivity contribution < 1.29 is 4.79 Å². The van der Waals surface area contributed by atoms with Gasteiger partial charge in [0.05, 0.1) is 5.41 Å². The summed E-state index contributed by atoms with van der Waals surface area (Å²) in [6, 6.07) is 1.82. The van der Waals surface area contributed by atoms with Crippen molar-refractivity contribution in [2.45, 2.75) is 19.3 Å². The summed E-state index contributed by atoms with van der Waals surface area (Å²) in [6.07, 6.45) is 8.11. The Morgan fingerprint density at radius 3 is 2.50 bits per heavy atom. The Kier molecular flexibility index (Phi) is 3.42. The van der Waals surface area contributed by atoms with Gasteiger partial charge in [0.2, 0.25) is 11.9 Å². The van der Waals surface area contributed by atoms with Crippen LogP contribution in [0.4, 0.5) is 5.95 Å². The second-order valence-electron chi connectivity index (χ2n) is 5.61. The van der Waals surface area contributed by atoms with E-state index in [1.165, 1.54) is 0 Å². The van der Waals surface area contributed by atoms with Gasteiger partial charge in [-0.2, -0.15) is 0 Å². The fourth-order valence-corrected chi connectivity index (χ4v) is 3.28. The molecule has 5 heteroatoms. The van der Waals surface area contributed by atoms with Gasteiger partial charge in [0.25, 0.3) is 0 Å². The van der Waals surface area contributed by atoms with Gasteiger partial charge in [0.1, 0.15) is 0 Å². The van der Waals surface area contributed by atoms with Crippen LogP contribution in [0.3, 0.4) is 0 Å². The van der Waals surface area contributed by atoms with Gasteiger partial charge in [-0.05, 0) is 25.3 Å². The first-order chi connectivity index (χ1) is 9.75. The fraction of sp³-hybridized carbons (Fsp3) is 0.533. The van der Waals surface area contributed by atoms with E-state index in [1.54, 1.807) is 12.4 Å². The standard InChI is InChI=1S/C15H20N4O/c1-2-9-18-10-4-15(13(18)20)5-11-19(12-6-15)14-16-7-3-8-17-14/h2-3,7-8H,1,4-6,9-12H2. The van der Waals surface area contributed by atoms with Crippen LogP contribution in [-0.4, -0.2) is 47.0 Å². The number of hydrogen-bond donors (Lipinski definition) is 0.